The predicted octanol–water partition coefficient (Wildman–Crippen LogP) is 1.06. The van der Waals surface area contributed by atoms with Gasteiger partial charge in [0, 0.05) is 31.8 Å². The first-order valence-electron chi connectivity index (χ1n) is 5.91. The molecule has 0 spiro atoms. The van der Waals surface area contributed by atoms with E-state index < -0.39 is 0 Å². The Morgan fingerprint density at radius 2 is 2.33 bits per heavy atom. The van der Waals surface area contributed by atoms with Crippen LogP contribution in [0.15, 0.2) is 11.1 Å². The van der Waals surface area contributed by atoms with Crippen LogP contribution in [0.4, 0.5) is 0 Å². The summed E-state index contributed by atoms with van der Waals surface area (Å²) >= 11 is 0. The topological polar surface area (TPSA) is 33.3 Å². The molecule has 0 aromatic heterocycles. The molecule has 15 heavy (non-hydrogen) atoms. The predicted molar refractivity (Wildman–Crippen MR) is 62.0 cm³/mol. The van der Waals surface area contributed by atoms with Gasteiger partial charge >= 0.3 is 0 Å². The molecule has 2 heterocycles. The molecular formula is C12H22N2O. The van der Waals surface area contributed by atoms with Crippen molar-refractivity contribution in [3.8, 4) is 0 Å². The van der Waals surface area contributed by atoms with Gasteiger partial charge < -0.3 is 15.4 Å². The molecule has 86 valence electrons. The van der Waals surface area contributed by atoms with Crippen LogP contribution in [0.2, 0.25) is 0 Å². The smallest absolute Gasteiger partial charge is 0.0645 e. The molecule has 2 N–H and O–H groups in total. The lowest BCUT2D eigenvalue weighted by atomic mass is 9.94. The maximum atomic E-state index is 5.53. The standard InChI is InChI=1S/C12H22N2O/c1-10(11-7-13-8-11)6-14-12(2)4-3-5-15-9-12/h13-14H,3-9H2,1-2H3. The van der Waals surface area contributed by atoms with Gasteiger partial charge in [-0.1, -0.05) is 5.57 Å². The van der Waals surface area contributed by atoms with Crippen molar-refractivity contribution in [3.05, 3.63) is 11.1 Å². The molecule has 3 nitrogen and oxygen atoms in total. The molecule has 0 amide bonds. The summed E-state index contributed by atoms with van der Waals surface area (Å²) in [7, 11) is 0. The van der Waals surface area contributed by atoms with Gasteiger partial charge in [-0.15, -0.1) is 0 Å². The van der Waals surface area contributed by atoms with Crippen LogP contribution in [0, 0.1) is 0 Å². The van der Waals surface area contributed by atoms with Crippen molar-refractivity contribution >= 4 is 0 Å². The zero-order valence-electron chi connectivity index (χ0n) is 9.86. The highest BCUT2D eigenvalue weighted by Crippen LogP contribution is 2.19. The molecule has 2 rings (SSSR count). The number of rotatable bonds is 3. The summed E-state index contributed by atoms with van der Waals surface area (Å²) in [5.41, 5.74) is 3.26. The van der Waals surface area contributed by atoms with Gasteiger partial charge in [-0.25, -0.2) is 0 Å². The fourth-order valence-electron chi connectivity index (χ4n) is 2.10. The summed E-state index contributed by atoms with van der Waals surface area (Å²) < 4.78 is 5.53. The van der Waals surface area contributed by atoms with Gasteiger partial charge in [0.1, 0.15) is 0 Å². The second kappa shape index (κ2) is 4.64. The van der Waals surface area contributed by atoms with Crippen molar-refractivity contribution in [2.45, 2.75) is 32.2 Å². The first kappa shape index (κ1) is 11.1. The summed E-state index contributed by atoms with van der Waals surface area (Å²) in [6, 6.07) is 0. The van der Waals surface area contributed by atoms with Crippen LogP contribution in [0.5, 0.6) is 0 Å². The number of hydrogen-bond acceptors (Lipinski definition) is 3. The Hall–Kier alpha value is -0.380. The van der Waals surface area contributed by atoms with Crippen LogP contribution in [-0.4, -0.2) is 38.4 Å². The van der Waals surface area contributed by atoms with Gasteiger partial charge in [0.15, 0.2) is 0 Å². The molecule has 2 saturated heterocycles. The number of ether oxygens (including phenoxy) is 1. The van der Waals surface area contributed by atoms with E-state index >= 15 is 0 Å². The van der Waals surface area contributed by atoms with Crippen molar-refractivity contribution in [1.82, 2.24) is 10.6 Å². The Morgan fingerprint density at radius 3 is 2.87 bits per heavy atom. The van der Waals surface area contributed by atoms with E-state index in [9.17, 15) is 0 Å². The lowest BCUT2D eigenvalue weighted by Crippen LogP contribution is -2.50. The van der Waals surface area contributed by atoms with Crippen molar-refractivity contribution in [2.75, 3.05) is 32.8 Å². The van der Waals surface area contributed by atoms with E-state index in [1.165, 1.54) is 18.4 Å². The molecule has 2 aliphatic rings. The zero-order valence-corrected chi connectivity index (χ0v) is 9.86. The first-order chi connectivity index (χ1) is 7.20. The molecule has 0 aromatic rings. The zero-order chi connectivity index (χ0) is 10.7. The summed E-state index contributed by atoms with van der Waals surface area (Å²) in [5, 5.41) is 6.92. The Kier molecular flexibility index (Phi) is 3.44. The van der Waals surface area contributed by atoms with E-state index in [0.717, 1.165) is 32.8 Å². The minimum absolute atomic E-state index is 0.192. The molecule has 3 heteroatoms. The molecule has 0 aromatic carbocycles. The van der Waals surface area contributed by atoms with Gasteiger partial charge in [-0.3, -0.25) is 0 Å². The third-order valence-corrected chi connectivity index (χ3v) is 3.50. The molecule has 1 unspecified atom stereocenters. The lowest BCUT2D eigenvalue weighted by Gasteiger charge is -2.35. The van der Waals surface area contributed by atoms with Crippen LogP contribution in [-0.2, 0) is 4.74 Å². The molecule has 1 atom stereocenters. The third-order valence-electron chi connectivity index (χ3n) is 3.50. The molecular weight excluding hydrogens is 188 g/mol. The van der Waals surface area contributed by atoms with Crippen molar-refractivity contribution in [1.29, 1.82) is 0 Å². The normalized spacial score (nSPS) is 31.2. The Bertz CT molecular complexity index is 248. The lowest BCUT2D eigenvalue weighted by molar-refractivity contribution is 0.0299. The van der Waals surface area contributed by atoms with Crippen molar-refractivity contribution < 1.29 is 4.74 Å². The van der Waals surface area contributed by atoms with Crippen LogP contribution in [0.1, 0.15) is 26.7 Å². The molecule has 0 bridgehead atoms. The molecule has 2 fully saturated rings. The summed E-state index contributed by atoms with van der Waals surface area (Å²) in [5.74, 6) is 0. The second-order valence-electron chi connectivity index (χ2n) is 5.06. The van der Waals surface area contributed by atoms with Crippen LogP contribution >= 0.6 is 0 Å². The van der Waals surface area contributed by atoms with Gasteiger partial charge in [0.05, 0.1) is 6.61 Å². The fraction of sp³-hybridized carbons (Fsp3) is 0.833. The average Bonchev–Trinajstić information content (AvgIpc) is 2.14. The Labute approximate surface area is 92.3 Å². The fourth-order valence-corrected chi connectivity index (χ4v) is 2.10. The molecule has 0 aliphatic carbocycles. The molecule has 0 saturated carbocycles. The van der Waals surface area contributed by atoms with E-state index in [0.29, 0.717) is 0 Å². The number of nitrogens with one attached hydrogen (secondary N) is 2. The largest absolute Gasteiger partial charge is 0.380 e. The molecule has 0 radical (unpaired) electrons. The van der Waals surface area contributed by atoms with Crippen LogP contribution in [0.3, 0.4) is 0 Å². The summed E-state index contributed by atoms with van der Waals surface area (Å²) in [6.07, 6.45) is 2.41. The highest BCUT2D eigenvalue weighted by atomic mass is 16.5. The Balaban J connectivity index is 1.81. The van der Waals surface area contributed by atoms with Crippen LogP contribution < -0.4 is 10.6 Å². The van der Waals surface area contributed by atoms with E-state index in [-0.39, 0.29) is 5.54 Å². The average molecular weight is 210 g/mol. The number of hydrogen-bond donors (Lipinski definition) is 2. The summed E-state index contributed by atoms with van der Waals surface area (Å²) in [6.45, 7) is 9.47. The van der Waals surface area contributed by atoms with E-state index in [1.54, 1.807) is 5.57 Å². The van der Waals surface area contributed by atoms with Gasteiger partial charge in [-0.2, -0.15) is 0 Å². The SMILES string of the molecule is CC(CNC1(C)CCCOC1)=C1CNC1. The maximum Gasteiger partial charge on any atom is 0.0645 e. The van der Waals surface area contributed by atoms with Gasteiger partial charge in [0.25, 0.3) is 0 Å². The third kappa shape index (κ3) is 2.80. The monoisotopic (exact) mass is 210 g/mol. The second-order valence-corrected chi connectivity index (χ2v) is 5.06. The first-order valence-corrected chi connectivity index (χ1v) is 5.91. The summed E-state index contributed by atoms with van der Waals surface area (Å²) in [4.78, 5) is 0. The minimum atomic E-state index is 0.192. The van der Waals surface area contributed by atoms with Crippen molar-refractivity contribution in [3.63, 3.8) is 0 Å². The van der Waals surface area contributed by atoms with E-state index in [4.69, 9.17) is 4.74 Å². The Morgan fingerprint density at radius 1 is 1.53 bits per heavy atom. The maximum absolute atomic E-state index is 5.53. The van der Waals surface area contributed by atoms with Crippen molar-refractivity contribution in [2.24, 2.45) is 0 Å². The van der Waals surface area contributed by atoms with Gasteiger partial charge in [0.2, 0.25) is 0 Å². The van der Waals surface area contributed by atoms with Crippen LogP contribution in [0.25, 0.3) is 0 Å². The van der Waals surface area contributed by atoms with Gasteiger partial charge in [-0.05, 0) is 32.3 Å². The highest BCUT2D eigenvalue weighted by molar-refractivity contribution is 5.22. The highest BCUT2D eigenvalue weighted by Gasteiger charge is 2.26. The quantitative estimate of drug-likeness (QED) is 0.684. The van der Waals surface area contributed by atoms with E-state index in [1.807, 2.05) is 0 Å². The minimum Gasteiger partial charge on any atom is -0.380 e. The van der Waals surface area contributed by atoms with E-state index in [2.05, 4.69) is 24.5 Å². The molecule has 2 aliphatic heterocycles.